The third-order valence-corrected chi connectivity index (χ3v) is 5.44. The SMILES string of the molecule is CN(Cc1ccccc1)[C@@H]1CCCN(C(=O)Cc2ccc3c(c2)OCO3)C1. The second-order valence-electron chi connectivity index (χ2n) is 7.40. The number of rotatable bonds is 5. The first-order valence-electron chi connectivity index (χ1n) is 9.59. The first-order valence-corrected chi connectivity index (χ1v) is 9.59. The van der Waals surface area contributed by atoms with Gasteiger partial charge in [0.05, 0.1) is 6.42 Å². The van der Waals surface area contributed by atoms with Gasteiger partial charge in [0, 0.05) is 25.7 Å². The standard InChI is InChI=1S/C22H26N2O3/c1-23(14-17-6-3-2-4-7-17)19-8-5-11-24(15-19)22(25)13-18-9-10-20-21(12-18)27-16-26-20/h2-4,6-7,9-10,12,19H,5,8,11,13-16H2,1H3/t19-/m1/s1. The van der Waals surface area contributed by atoms with Crippen molar-refractivity contribution in [1.82, 2.24) is 9.80 Å². The van der Waals surface area contributed by atoms with Crippen molar-refractivity contribution in [2.45, 2.75) is 31.8 Å². The first kappa shape index (κ1) is 17.9. The molecule has 5 heteroatoms. The van der Waals surface area contributed by atoms with E-state index < -0.39 is 0 Å². The van der Waals surface area contributed by atoms with Crippen LogP contribution in [0.15, 0.2) is 48.5 Å². The van der Waals surface area contributed by atoms with Crippen molar-refractivity contribution in [2.75, 3.05) is 26.9 Å². The Labute approximate surface area is 160 Å². The minimum Gasteiger partial charge on any atom is -0.454 e. The van der Waals surface area contributed by atoms with Crippen LogP contribution >= 0.6 is 0 Å². The van der Waals surface area contributed by atoms with Gasteiger partial charge in [0.25, 0.3) is 0 Å². The van der Waals surface area contributed by atoms with E-state index >= 15 is 0 Å². The van der Waals surface area contributed by atoms with E-state index in [9.17, 15) is 4.79 Å². The number of amides is 1. The number of carbonyl (C=O) groups excluding carboxylic acids is 1. The van der Waals surface area contributed by atoms with Gasteiger partial charge < -0.3 is 14.4 Å². The van der Waals surface area contributed by atoms with Gasteiger partial charge in [-0.15, -0.1) is 0 Å². The van der Waals surface area contributed by atoms with Crippen LogP contribution in [0.25, 0.3) is 0 Å². The molecule has 1 amide bonds. The number of benzene rings is 2. The van der Waals surface area contributed by atoms with Gasteiger partial charge in [0.2, 0.25) is 12.7 Å². The molecule has 0 spiro atoms. The molecule has 4 rings (SSSR count). The van der Waals surface area contributed by atoms with Crippen LogP contribution in [-0.2, 0) is 17.8 Å². The van der Waals surface area contributed by atoms with E-state index in [1.165, 1.54) is 5.56 Å². The number of piperidine rings is 1. The summed E-state index contributed by atoms with van der Waals surface area (Å²) in [6.07, 6.45) is 2.60. The fourth-order valence-electron chi connectivity index (χ4n) is 3.88. The van der Waals surface area contributed by atoms with Crippen LogP contribution < -0.4 is 9.47 Å². The molecule has 2 aromatic carbocycles. The molecule has 27 heavy (non-hydrogen) atoms. The van der Waals surface area contributed by atoms with Crippen molar-refractivity contribution in [3.63, 3.8) is 0 Å². The molecule has 0 radical (unpaired) electrons. The van der Waals surface area contributed by atoms with Crippen LogP contribution in [0.2, 0.25) is 0 Å². The van der Waals surface area contributed by atoms with Gasteiger partial charge in [0.1, 0.15) is 0 Å². The van der Waals surface area contributed by atoms with E-state index in [-0.39, 0.29) is 12.7 Å². The van der Waals surface area contributed by atoms with Crippen LogP contribution in [0.5, 0.6) is 11.5 Å². The molecule has 0 bridgehead atoms. The zero-order valence-electron chi connectivity index (χ0n) is 15.8. The van der Waals surface area contributed by atoms with Gasteiger partial charge in [-0.05, 0) is 43.1 Å². The Hall–Kier alpha value is -2.53. The van der Waals surface area contributed by atoms with E-state index in [4.69, 9.17) is 9.47 Å². The summed E-state index contributed by atoms with van der Waals surface area (Å²) in [5.41, 5.74) is 2.29. The lowest BCUT2D eigenvalue weighted by molar-refractivity contribution is -0.132. The van der Waals surface area contributed by atoms with E-state index in [1.54, 1.807) is 0 Å². The second kappa shape index (κ2) is 8.01. The molecule has 2 heterocycles. The van der Waals surface area contributed by atoms with Crippen molar-refractivity contribution in [3.8, 4) is 11.5 Å². The van der Waals surface area contributed by atoms with Crippen LogP contribution in [0.1, 0.15) is 24.0 Å². The van der Waals surface area contributed by atoms with Crippen LogP contribution in [0, 0.1) is 0 Å². The molecule has 0 aliphatic carbocycles. The van der Waals surface area contributed by atoms with Crippen molar-refractivity contribution < 1.29 is 14.3 Å². The minimum absolute atomic E-state index is 0.187. The third kappa shape index (κ3) is 4.25. The predicted octanol–water partition coefficient (Wildman–Crippen LogP) is 3.08. The second-order valence-corrected chi connectivity index (χ2v) is 7.40. The van der Waals surface area contributed by atoms with E-state index in [1.807, 2.05) is 29.2 Å². The number of likely N-dealkylation sites (N-methyl/N-ethyl adjacent to an activating group) is 1. The lowest BCUT2D eigenvalue weighted by Gasteiger charge is -2.37. The third-order valence-electron chi connectivity index (χ3n) is 5.44. The predicted molar refractivity (Wildman–Crippen MR) is 104 cm³/mol. The van der Waals surface area contributed by atoms with Gasteiger partial charge in [-0.3, -0.25) is 9.69 Å². The molecule has 0 N–H and O–H groups in total. The number of ether oxygens (including phenoxy) is 2. The maximum atomic E-state index is 12.8. The molecule has 5 nitrogen and oxygen atoms in total. The Kier molecular flexibility index (Phi) is 5.30. The van der Waals surface area contributed by atoms with Crippen molar-refractivity contribution in [1.29, 1.82) is 0 Å². The molecule has 2 aliphatic rings. The Morgan fingerprint density at radius 1 is 1.11 bits per heavy atom. The topological polar surface area (TPSA) is 42.0 Å². The fraction of sp³-hybridized carbons (Fsp3) is 0.409. The summed E-state index contributed by atoms with van der Waals surface area (Å²) in [7, 11) is 2.16. The summed E-state index contributed by atoms with van der Waals surface area (Å²) in [6.45, 7) is 2.82. The molecular formula is C22H26N2O3. The normalized spacial score (nSPS) is 18.7. The molecular weight excluding hydrogens is 340 g/mol. The summed E-state index contributed by atoms with van der Waals surface area (Å²) >= 11 is 0. The van der Waals surface area contributed by atoms with E-state index in [2.05, 4.69) is 36.2 Å². The molecule has 2 aliphatic heterocycles. The van der Waals surface area contributed by atoms with Gasteiger partial charge in [-0.25, -0.2) is 0 Å². The zero-order chi connectivity index (χ0) is 18.6. The van der Waals surface area contributed by atoms with Gasteiger partial charge >= 0.3 is 0 Å². The highest BCUT2D eigenvalue weighted by molar-refractivity contribution is 5.79. The molecule has 0 unspecified atom stereocenters. The highest BCUT2D eigenvalue weighted by Crippen LogP contribution is 2.32. The lowest BCUT2D eigenvalue weighted by Crippen LogP contribution is -2.48. The van der Waals surface area contributed by atoms with Gasteiger partial charge in [-0.1, -0.05) is 36.4 Å². The maximum Gasteiger partial charge on any atom is 0.231 e. The van der Waals surface area contributed by atoms with Crippen molar-refractivity contribution >= 4 is 5.91 Å². The van der Waals surface area contributed by atoms with Crippen LogP contribution in [0.4, 0.5) is 0 Å². The number of hydrogen-bond acceptors (Lipinski definition) is 4. The van der Waals surface area contributed by atoms with Crippen molar-refractivity contribution in [3.05, 3.63) is 59.7 Å². The molecule has 0 aromatic heterocycles. The monoisotopic (exact) mass is 366 g/mol. The quantitative estimate of drug-likeness (QED) is 0.816. The summed E-state index contributed by atoms with van der Waals surface area (Å²) in [5.74, 6) is 1.68. The van der Waals surface area contributed by atoms with Gasteiger partial charge in [-0.2, -0.15) is 0 Å². The minimum atomic E-state index is 0.187. The molecule has 2 aromatic rings. The van der Waals surface area contributed by atoms with Gasteiger partial charge in [0.15, 0.2) is 11.5 Å². The first-order chi connectivity index (χ1) is 13.2. The summed E-state index contributed by atoms with van der Waals surface area (Å²) in [6, 6.07) is 16.7. The Balaban J connectivity index is 1.35. The zero-order valence-corrected chi connectivity index (χ0v) is 15.8. The number of likely N-dealkylation sites (tertiary alicyclic amines) is 1. The summed E-state index contributed by atoms with van der Waals surface area (Å²) in [4.78, 5) is 17.2. The average molecular weight is 366 g/mol. The smallest absolute Gasteiger partial charge is 0.231 e. The number of nitrogens with zero attached hydrogens (tertiary/aromatic N) is 2. The lowest BCUT2D eigenvalue weighted by atomic mass is 10.0. The fourth-order valence-corrected chi connectivity index (χ4v) is 3.88. The molecule has 1 saturated heterocycles. The highest BCUT2D eigenvalue weighted by atomic mass is 16.7. The Bertz CT molecular complexity index is 793. The molecule has 0 saturated carbocycles. The average Bonchev–Trinajstić information content (AvgIpc) is 3.16. The summed E-state index contributed by atoms with van der Waals surface area (Å²) in [5, 5.41) is 0. The number of hydrogen-bond donors (Lipinski definition) is 0. The Morgan fingerprint density at radius 2 is 1.93 bits per heavy atom. The number of carbonyl (C=O) groups is 1. The van der Waals surface area contributed by atoms with Crippen LogP contribution in [-0.4, -0.2) is 48.7 Å². The van der Waals surface area contributed by atoms with Crippen LogP contribution in [0.3, 0.4) is 0 Å². The van der Waals surface area contributed by atoms with Crippen molar-refractivity contribution in [2.24, 2.45) is 0 Å². The molecule has 1 atom stereocenters. The van der Waals surface area contributed by atoms with E-state index in [0.29, 0.717) is 12.5 Å². The Morgan fingerprint density at radius 3 is 2.78 bits per heavy atom. The maximum absolute atomic E-state index is 12.8. The largest absolute Gasteiger partial charge is 0.454 e. The molecule has 1 fully saturated rings. The number of fused-ring (bicyclic) bond motifs is 1. The molecule has 142 valence electrons. The highest BCUT2D eigenvalue weighted by Gasteiger charge is 2.26. The van der Waals surface area contributed by atoms with E-state index in [0.717, 1.165) is 49.5 Å². The summed E-state index contributed by atoms with van der Waals surface area (Å²) < 4.78 is 10.8.